The van der Waals surface area contributed by atoms with Gasteiger partial charge in [-0.1, -0.05) is 30.3 Å². The van der Waals surface area contributed by atoms with Crippen LogP contribution in [0.2, 0.25) is 0 Å². The van der Waals surface area contributed by atoms with Crippen LogP contribution in [-0.4, -0.2) is 40.1 Å². The fourth-order valence-corrected chi connectivity index (χ4v) is 5.75. The minimum Gasteiger partial charge on any atom is -0.481 e. The van der Waals surface area contributed by atoms with Gasteiger partial charge in [0.25, 0.3) is 5.91 Å². The molecule has 2 aliphatic rings. The molecule has 1 aromatic heterocycles. The van der Waals surface area contributed by atoms with Crippen LogP contribution < -0.4 is 15.4 Å². The van der Waals surface area contributed by atoms with Gasteiger partial charge >= 0.3 is 5.97 Å². The van der Waals surface area contributed by atoms with Crippen LogP contribution >= 0.6 is 11.8 Å². The third kappa shape index (κ3) is 5.31. The van der Waals surface area contributed by atoms with E-state index >= 15 is 0 Å². The van der Waals surface area contributed by atoms with E-state index in [1.54, 1.807) is 4.90 Å². The Bertz CT molecular complexity index is 1240. The summed E-state index contributed by atoms with van der Waals surface area (Å²) in [5, 5.41) is 9.47. The Balaban J connectivity index is 1.31. The number of carboxylic acid groups (broad SMARTS) is 1. The van der Waals surface area contributed by atoms with E-state index in [2.05, 4.69) is 22.1 Å². The van der Waals surface area contributed by atoms with Crippen molar-refractivity contribution in [1.29, 1.82) is 0 Å². The van der Waals surface area contributed by atoms with E-state index < -0.39 is 5.97 Å². The number of hydrogen-bond donors (Lipinski definition) is 2. The maximum atomic E-state index is 13.5. The Morgan fingerprint density at radius 3 is 2.47 bits per heavy atom. The summed E-state index contributed by atoms with van der Waals surface area (Å²) in [5.74, 6) is 0.00350. The van der Waals surface area contributed by atoms with Crippen molar-refractivity contribution in [2.24, 2.45) is 5.92 Å². The number of fused-ring (bicyclic) bond motifs is 1. The highest BCUT2D eigenvalue weighted by Gasteiger charge is 2.30. The molecule has 2 heterocycles. The molecule has 186 valence electrons. The first-order chi connectivity index (χ1) is 17.5. The Morgan fingerprint density at radius 2 is 1.78 bits per heavy atom. The van der Waals surface area contributed by atoms with Gasteiger partial charge in [0, 0.05) is 17.0 Å². The summed E-state index contributed by atoms with van der Waals surface area (Å²) in [5.41, 5.74) is 8.40. The number of carbonyl (C=O) groups is 2. The lowest BCUT2D eigenvalue weighted by Gasteiger charge is -2.28. The normalized spacial score (nSPS) is 19.8. The predicted molar refractivity (Wildman–Crippen MR) is 138 cm³/mol. The van der Waals surface area contributed by atoms with Crippen molar-refractivity contribution in [3.05, 3.63) is 65.7 Å². The molecule has 0 atom stereocenters. The highest BCUT2D eigenvalue weighted by molar-refractivity contribution is 7.99. The third-order valence-corrected chi connectivity index (χ3v) is 7.71. The molecule has 1 aliphatic heterocycles. The van der Waals surface area contributed by atoms with E-state index in [0.717, 1.165) is 36.3 Å². The van der Waals surface area contributed by atoms with E-state index in [1.807, 2.05) is 42.5 Å². The number of benzene rings is 2. The summed E-state index contributed by atoms with van der Waals surface area (Å²) in [7, 11) is 0. The molecule has 1 aliphatic carbocycles. The number of nitrogens with two attached hydrogens (primary N) is 1. The molecule has 0 spiro atoms. The van der Waals surface area contributed by atoms with Gasteiger partial charge in [-0.25, -0.2) is 4.98 Å². The predicted octanol–water partition coefficient (Wildman–Crippen LogP) is 5.00. The highest BCUT2D eigenvalue weighted by Crippen LogP contribution is 2.38. The number of rotatable bonds is 6. The number of amides is 1. The minimum atomic E-state index is -0.715. The number of aliphatic carboxylic acids is 1. The maximum absolute atomic E-state index is 13.5. The molecule has 5 rings (SSSR count). The quantitative estimate of drug-likeness (QED) is 0.450. The van der Waals surface area contributed by atoms with Gasteiger partial charge in [-0.3, -0.25) is 9.59 Å². The topological polar surface area (TPSA) is 119 Å². The number of nitrogens with zero attached hydrogens (tertiary/aromatic N) is 3. The fraction of sp³-hybridized carbons (Fsp3) is 0.333. The van der Waals surface area contributed by atoms with E-state index in [-0.39, 0.29) is 35.5 Å². The first-order valence-corrected chi connectivity index (χ1v) is 13.0. The summed E-state index contributed by atoms with van der Waals surface area (Å²) >= 11 is 1.36. The maximum Gasteiger partial charge on any atom is 0.303 e. The number of carboxylic acids is 1. The first kappa shape index (κ1) is 24.1. The highest BCUT2D eigenvalue weighted by atomic mass is 32.2. The van der Waals surface area contributed by atoms with Gasteiger partial charge in [0.1, 0.15) is 18.0 Å². The van der Waals surface area contributed by atoms with Gasteiger partial charge in [0.05, 0.1) is 6.54 Å². The second-order valence-electron chi connectivity index (χ2n) is 9.20. The van der Waals surface area contributed by atoms with Crippen molar-refractivity contribution in [2.75, 3.05) is 23.8 Å². The molecule has 3 N–H and O–H groups in total. The zero-order valence-electron chi connectivity index (χ0n) is 19.8. The zero-order valence-corrected chi connectivity index (χ0v) is 20.6. The molecular formula is C27H28N4O4S. The average molecular weight is 505 g/mol. The summed E-state index contributed by atoms with van der Waals surface area (Å²) in [6, 6.07) is 17.8. The van der Waals surface area contributed by atoms with Crippen LogP contribution in [0.15, 0.2) is 64.6 Å². The molecule has 1 amide bonds. The number of aromatic nitrogens is 2. The van der Waals surface area contributed by atoms with Gasteiger partial charge in [-0.2, -0.15) is 4.98 Å². The Morgan fingerprint density at radius 1 is 1.06 bits per heavy atom. The van der Waals surface area contributed by atoms with Crippen LogP contribution in [0.1, 0.15) is 53.9 Å². The summed E-state index contributed by atoms with van der Waals surface area (Å²) in [6.45, 7) is 0.662. The summed E-state index contributed by atoms with van der Waals surface area (Å²) < 4.78 is 5.84. The molecule has 1 saturated carbocycles. The van der Waals surface area contributed by atoms with Crippen LogP contribution in [-0.2, 0) is 4.79 Å². The molecule has 0 bridgehead atoms. The molecule has 0 unspecified atom stereocenters. The standard InChI is InChI=1S/C27H28N4O4S/c28-24-23-25(30-27(29-24)36-21-4-2-1-3-5-21)35-15-14-31(26(23)34)20-12-10-19(11-13-20)18-8-6-17(7-9-18)16-22(32)33/h1-5,10-13,17-18H,6-9,14-16H2,(H,32,33)(H2,28,29,30). The SMILES string of the molecule is Nc1nc(Sc2ccccc2)nc2c1C(=O)N(c1ccc(C3CCC(CC(=O)O)CC3)cc1)CCO2. The lowest BCUT2D eigenvalue weighted by Crippen LogP contribution is -2.32. The van der Waals surface area contributed by atoms with E-state index in [0.29, 0.717) is 24.2 Å². The van der Waals surface area contributed by atoms with Crippen molar-refractivity contribution in [3.63, 3.8) is 0 Å². The van der Waals surface area contributed by atoms with Crippen molar-refractivity contribution in [1.82, 2.24) is 9.97 Å². The number of ether oxygens (including phenoxy) is 1. The van der Waals surface area contributed by atoms with E-state index in [9.17, 15) is 9.59 Å². The van der Waals surface area contributed by atoms with Crippen LogP contribution in [0.4, 0.5) is 11.5 Å². The molecule has 0 radical (unpaired) electrons. The molecule has 9 heteroatoms. The smallest absolute Gasteiger partial charge is 0.303 e. The molecule has 3 aromatic rings. The van der Waals surface area contributed by atoms with Crippen LogP contribution in [0.25, 0.3) is 0 Å². The van der Waals surface area contributed by atoms with Crippen LogP contribution in [0.5, 0.6) is 5.88 Å². The number of carbonyl (C=O) groups excluding carboxylic acids is 1. The van der Waals surface area contributed by atoms with Gasteiger partial charge in [0.2, 0.25) is 5.88 Å². The van der Waals surface area contributed by atoms with Gasteiger partial charge in [0.15, 0.2) is 5.16 Å². The number of nitrogen functional groups attached to an aromatic ring is 1. The van der Waals surface area contributed by atoms with Crippen LogP contribution in [0, 0.1) is 5.92 Å². The molecule has 1 fully saturated rings. The fourth-order valence-electron chi connectivity index (χ4n) is 4.97. The number of hydrogen-bond acceptors (Lipinski definition) is 7. The molecular weight excluding hydrogens is 476 g/mol. The van der Waals surface area contributed by atoms with Crippen molar-refractivity contribution >= 4 is 35.1 Å². The molecule has 2 aromatic carbocycles. The second kappa shape index (κ2) is 10.6. The summed E-state index contributed by atoms with van der Waals surface area (Å²) in [6.07, 6.45) is 4.09. The first-order valence-electron chi connectivity index (χ1n) is 12.1. The molecule has 0 saturated heterocycles. The van der Waals surface area contributed by atoms with Crippen molar-refractivity contribution < 1.29 is 19.4 Å². The van der Waals surface area contributed by atoms with E-state index in [1.165, 1.54) is 17.3 Å². The van der Waals surface area contributed by atoms with Crippen molar-refractivity contribution in [3.8, 4) is 5.88 Å². The summed E-state index contributed by atoms with van der Waals surface area (Å²) in [4.78, 5) is 35.9. The lowest BCUT2D eigenvalue weighted by atomic mass is 9.77. The molecule has 8 nitrogen and oxygen atoms in total. The Hall–Kier alpha value is -3.59. The van der Waals surface area contributed by atoms with Gasteiger partial charge in [-0.05, 0) is 79.1 Å². The average Bonchev–Trinajstić information content (AvgIpc) is 3.04. The van der Waals surface area contributed by atoms with Gasteiger partial charge in [-0.15, -0.1) is 0 Å². The second-order valence-corrected chi connectivity index (χ2v) is 10.2. The largest absolute Gasteiger partial charge is 0.481 e. The minimum absolute atomic E-state index is 0.102. The Kier molecular flexibility index (Phi) is 7.09. The van der Waals surface area contributed by atoms with Crippen molar-refractivity contribution in [2.45, 2.75) is 48.1 Å². The van der Waals surface area contributed by atoms with Gasteiger partial charge < -0.3 is 20.5 Å². The third-order valence-electron chi connectivity index (χ3n) is 6.83. The lowest BCUT2D eigenvalue weighted by molar-refractivity contribution is -0.138. The monoisotopic (exact) mass is 504 g/mol. The number of anilines is 2. The molecule has 36 heavy (non-hydrogen) atoms. The van der Waals surface area contributed by atoms with E-state index in [4.69, 9.17) is 15.6 Å². The zero-order chi connectivity index (χ0) is 25.1. The Labute approximate surface area is 213 Å². The van der Waals surface area contributed by atoms with Crippen LogP contribution in [0.3, 0.4) is 0 Å².